The van der Waals surface area contributed by atoms with Crippen LogP contribution in [0.3, 0.4) is 0 Å². The highest BCUT2D eigenvalue weighted by Gasteiger charge is 2.25. The minimum atomic E-state index is -3.04. The maximum atomic E-state index is 11.4. The number of hydrogen-bond acceptors (Lipinski definition) is 3. The fourth-order valence-electron chi connectivity index (χ4n) is 2.42. The van der Waals surface area contributed by atoms with Gasteiger partial charge in [-0.25, -0.2) is 12.7 Å². The fourth-order valence-corrected chi connectivity index (χ4v) is 3.29. The van der Waals surface area contributed by atoms with Gasteiger partial charge in [0.05, 0.1) is 13.4 Å². The van der Waals surface area contributed by atoms with Crippen molar-refractivity contribution in [3.63, 3.8) is 0 Å². The second kappa shape index (κ2) is 5.28. The number of sulfonamides is 1. The molecule has 0 aromatic heterocycles. The number of piperidine rings is 1. The van der Waals surface area contributed by atoms with Crippen LogP contribution >= 0.6 is 0 Å². The van der Waals surface area contributed by atoms with Gasteiger partial charge in [-0.05, 0) is 36.5 Å². The first-order valence-electron chi connectivity index (χ1n) is 6.10. The molecule has 0 amide bonds. The highest BCUT2D eigenvalue weighted by Crippen LogP contribution is 2.30. The Labute approximate surface area is 109 Å². The summed E-state index contributed by atoms with van der Waals surface area (Å²) < 4.78 is 29.6. The lowest BCUT2D eigenvalue weighted by molar-refractivity contribution is 0.321. The Balaban J connectivity index is 2.05. The summed E-state index contributed by atoms with van der Waals surface area (Å²) in [5, 5.41) is 0. The van der Waals surface area contributed by atoms with Crippen LogP contribution in [0.25, 0.3) is 0 Å². The first-order chi connectivity index (χ1) is 8.50. The topological polar surface area (TPSA) is 46.6 Å². The Bertz CT molecular complexity index is 505. The number of benzene rings is 1. The molecule has 1 aromatic rings. The van der Waals surface area contributed by atoms with Gasteiger partial charge in [0.15, 0.2) is 0 Å². The average molecular weight is 269 g/mol. The monoisotopic (exact) mass is 269 g/mol. The van der Waals surface area contributed by atoms with E-state index in [1.165, 1.54) is 11.8 Å². The minimum Gasteiger partial charge on any atom is -0.497 e. The Hall–Kier alpha value is -1.07. The average Bonchev–Trinajstić information content (AvgIpc) is 2.38. The zero-order chi connectivity index (χ0) is 13.2. The molecule has 1 heterocycles. The predicted molar refractivity (Wildman–Crippen MR) is 71.4 cm³/mol. The van der Waals surface area contributed by atoms with E-state index in [2.05, 4.69) is 6.07 Å². The van der Waals surface area contributed by atoms with Crippen LogP contribution in [0.1, 0.15) is 24.3 Å². The molecule has 0 bridgehead atoms. The van der Waals surface area contributed by atoms with Gasteiger partial charge in [-0.15, -0.1) is 0 Å². The number of rotatable bonds is 3. The second-order valence-corrected chi connectivity index (χ2v) is 6.70. The Kier molecular flexibility index (Phi) is 3.92. The van der Waals surface area contributed by atoms with Crippen LogP contribution < -0.4 is 4.74 Å². The van der Waals surface area contributed by atoms with Crippen LogP contribution in [-0.4, -0.2) is 39.2 Å². The molecule has 1 aliphatic heterocycles. The highest BCUT2D eigenvalue weighted by atomic mass is 32.2. The van der Waals surface area contributed by atoms with Crippen LogP contribution in [0.4, 0.5) is 0 Å². The summed E-state index contributed by atoms with van der Waals surface area (Å²) in [7, 11) is -1.38. The molecule has 0 N–H and O–H groups in total. The summed E-state index contributed by atoms with van der Waals surface area (Å²) >= 11 is 0. The van der Waals surface area contributed by atoms with Crippen LogP contribution in [0, 0.1) is 0 Å². The summed E-state index contributed by atoms with van der Waals surface area (Å²) in [4.78, 5) is 0. The maximum absolute atomic E-state index is 11.4. The molecule has 1 saturated heterocycles. The van der Waals surface area contributed by atoms with Crippen molar-refractivity contribution in [2.75, 3.05) is 26.5 Å². The van der Waals surface area contributed by atoms with Crippen molar-refractivity contribution in [1.29, 1.82) is 0 Å². The van der Waals surface area contributed by atoms with E-state index in [0.717, 1.165) is 18.6 Å². The van der Waals surface area contributed by atoms with Crippen molar-refractivity contribution in [1.82, 2.24) is 4.31 Å². The second-order valence-electron chi connectivity index (χ2n) is 4.71. The molecule has 0 saturated carbocycles. The molecule has 5 heteroatoms. The molecule has 1 fully saturated rings. The molecule has 0 spiro atoms. The van der Waals surface area contributed by atoms with Crippen molar-refractivity contribution in [2.45, 2.75) is 18.8 Å². The lowest BCUT2D eigenvalue weighted by Gasteiger charge is -2.30. The highest BCUT2D eigenvalue weighted by molar-refractivity contribution is 7.88. The van der Waals surface area contributed by atoms with Crippen molar-refractivity contribution in [3.8, 4) is 5.75 Å². The lowest BCUT2D eigenvalue weighted by atomic mass is 9.90. The van der Waals surface area contributed by atoms with Gasteiger partial charge in [0, 0.05) is 13.1 Å². The van der Waals surface area contributed by atoms with Crippen molar-refractivity contribution >= 4 is 10.0 Å². The molecule has 18 heavy (non-hydrogen) atoms. The van der Waals surface area contributed by atoms with E-state index in [4.69, 9.17) is 4.74 Å². The third-order valence-electron chi connectivity index (χ3n) is 3.49. The van der Waals surface area contributed by atoms with E-state index in [9.17, 15) is 8.42 Å². The summed E-state index contributed by atoms with van der Waals surface area (Å²) in [5.74, 6) is 1.29. The van der Waals surface area contributed by atoms with E-state index >= 15 is 0 Å². The number of methoxy groups -OCH3 is 1. The molecule has 0 radical (unpaired) electrons. The first kappa shape index (κ1) is 13.4. The van der Waals surface area contributed by atoms with Crippen LogP contribution in [0.15, 0.2) is 24.3 Å². The molecule has 1 aromatic carbocycles. The fraction of sp³-hybridized carbons (Fsp3) is 0.538. The van der Waals surface area contributed by atoms with Crippen LogP contribution in [0.2, 0.25) is 0 Å². The summed E-state index contributed by atoms with van der Waals surface area (Å²) in [5.41, 5.74) is 1.24. The van der Waals surface area contributed by atoms with E-state index < -0.39 is 10.0 Å². The SMILES string of the molecule is COc1cccc(C2CCN(S(C)(=O)=O)CC2)c1. The summed E-state index contributed by atoms with van der Waals surface area (Å²) in [6, 6.07) is 8.04. The van der Waals surface area contributed by atoms with Crippen molar-refractivity contribution in [2.24, 2.45) is 0 Å². The Morgan fingerprint density at radius 1 is 1.28 bits per heavy atom. The van der Waals surface area contributed by atoms with Gasteiger partial charge >= 0.3 is 0 Å². The molecule has 4 nitrogen and oxygen atoms in total. The smallest absolute Gasteiger partial charge is 0.211 e. The van der Waals surface area contributed by atoms with E-state index in [1.807, 2.05) is 18.2 Å². The number of ether oxygens (including phenoxy) is 1. The van der Waals surface area contributed by atoms with Crippen molar-refractivity contribution < 1.29 is 13.2 Å². The quantitative estimate of drug-likeness (QED) is 0.841. The molecule has 1 aliphatic rings. The molecule has 100 valence electrons. The molecule has 0 aliphatic carbocycles. The molecular formula is C13H19NO3S. The van der Waals surface area contributed by atoms with Gasteiger partial charge in [0.1, 0.15) is 5.75 Å². The van der Waals surface area contributed by atoms with Crippen LogP contribution in [-0.2, 0) is 10.0 Å². The molecule has 0 unspecified atom stereocenters. The Morgan fingerprint density at radius 3 is 2.50 bits per heavy atom. The van der Waals surface area contributed by atoms with E-state index in [-0.39, 0.29) is 0 Å². The first-order valence-corrected chi connectivity index (χ1v) is 7.94. The third-order valence-corrected chi connectivity index (χ3v) is 4.79. The zero-order valence-electron chi connectivity index (χ0n) is 10.8. The number of hydrogen-bond donors (Lipinski definition) is 0. The van der Waals surface area contributed by atoms with Gasteiger partial charge in [-0.3, -0.25) is 0 Å². The van der Waals surface area contributed by atoms with Gasteiger partial charge < -0.3 is 4.74 Å². The Morgan fingerprint density at radius 2 is 1.94 bits per heavy atom. The van der Waals surface area contributed by atoms with Gasteiger partial charge in [0.2, 0.25) is 10.0 Å². The standard InChI is InChI=1S/C13H19NO3S/c1-17-13-5-3-4-12(10-13)11-6-8-14(9-7-11)18(2,15)16/h3-5,10-11H,6-9H2,1-2H3. The summed E-state index contributed by atoms with van der Waals surface area (Å²) in [6.45, 7) is 1.22. The lowest BCUT2D eigenvalue weighted by Crippen LogP contribution is -2.37. The molecule has 0 atom stereocenters. The maximum Gasteiger partial charge on any atom is 0.211 e. The van der Waals surface area contributed by atoms with Crippen LogP contribution in [0.5, 0.6) is 5.75 Å². The van der Waals surface area contributed by atoms with Gasteiger partial charge in [-0.1, -0.05) is 12.1 Å². The zero-order valence-corrected chi connectivity index (χ0v) is 11.6. The third kappa shape index (κ3) is 3.03. The van der Waals surface area contributed by atoms with E-state index in [0.29, 0.717) is 19.0 Å². The van der Waals surface area contributed by atoms with E-state index in [1.54, 1.807) is 11.4 Å². The predicted octanol–water partition coefficient (Wildman–Crippen LogP) is 1.83. The minimum absolute atomic E-state index is 0.429. The van der Waals surface area contributed by atoms with Gasteiger partial charge in [0.25, 0.3) is 0 Å². The largest absolute Gasteiger partial charge is 0.497 e. The summed E-state index contributed by atoms with van der Waals surface area (Å²) in [6.07, 6.45) is 3.03. The van der Waals surface area contributed by atoms with Gasteiger partial charge in [-0.2, -0.15) is 0 Å². The molecular weight excluding hydrogens is 250 g/mol. The molecule has 2 rings (SSSR count). The normalized spacial score (nSPS) is 18.8. The number of nitrogens with zero attached hydrogens (tertiary/aromatic N) is 1. The van der Waals surface area contributed by atoms with Crippen molar-refractivity contribution in [3.05, 3.63) is 29.8 Å².